The lowest BCUT2D eigenvalue weighted by Gasteiger charge is -2.21. The maximum absolute atomic E-state index is 12.3. The van der Waals surface area contributed by atoms with Crippen LogP contribution in [0.5, 0.6) is 0 Å². The van der Waals surface area contributed by atoms with Gasteiger partial charge in [0.2, 0.25) is 0 Å². The molecule has 0 aliphatic heterocycles. The highest BCUT2D eigenvalue weighted by atomic mass is 32.1. The van der Waals surface area contributed by atoms with E-state index in [2.05, 4.69) is 0 Å². The second kappa shape index (κ2) is 3.10. The van der Waals surface area contributed by atoms with E-state index in [4.69, 9.17) is 4.78 Å². The molecule has 0 aromatic heterocycles. The molecule has 0 saturated heterocycles. The molecule has 3 heteroatoms. The number of hydrogen-bond acceptors (Lipinski definition) is 1. The predicted octanol–water partition coefficient (Wildman–Crippen LogP) is 1.79. The minimum atomic E-state index is -0.533. The van der Waals surface area contributed by atoms with Gasteiger partial charge in [-0.3, -0.25) is 4.78 Å². The Kier molecular flexibility index (Phi) is 2.38. The van der Waals surface area contributed by atoms with Gasteiger partial charge in [0.25, 0.3) is 0 Å². The van der Waals surface area contributed by atoms with Gasteiger partial charge in [-0.05, 0) is 6.42 Å². The first-order valence-electron chi connectivity index (χ1n) is 3.12. The molecule has 56 valence electrons. The van der Waals surface area contributed by atoms with Crippen LogP contribution >= 0.6 is 0 Å². The number of rotatable bonds is 2. The number of alkyl halides is 1. The molecule has 0 aromatic rings. The van der Waals surface area contributed by atoms with Gasteiger partial charge >= 0.3 is 0 Å². The van der Waals surface area contributed by atoms with E-state index in [1.54, 1.807) is 6.08 Å². The van der Waals surface area contributed by atoms with E-state index >= 15 is 0 Å². The molecule has 0 radical (unpaired) electrons. The molecule has 0 aromatic carbocycles. The molecule has 0 amide bonds. The van der Waals surface area contributed by atoms with Crippen molar-refractivity contribution in [3.05, 3.63) is 24.3 Å². The zero-order chi connectivity index (χ0) is 7.45. The van der Waals surface area contributed by atoms with Gasteiger partial charge in [-0.25, -0.2) is 4.39 Å². The fourth-order valence-corrected chi connectivity index (χ4v) is 1.28. The average molecular weight is 159 g/mol. The topological polar surface area (TPSA) is 23.9 Å². The van der Waals surface area contributed by atoms with E-state index in [0.717, 1.165) is 0 Å². The van der Waals surface area contributed by atoms with Crippen molar-refractivity contribution in [3.8, 4) is 0 Å². The van der Waals surface area contributed by atoms with E-state index in [-0.39, 0.29) is 0 Å². The SMILES string of the molecule is N=[SH]C1(CF)C=CC=CC1. The number of halogens is 1. The van der Waals surface area contributed by atoms with Gasteiger partial charge in [-0.15, -0.1) is 11.6 Å². The molecule has 1 nitrogen and oxygen atoms in total. The van der Waals surface area contributed by atoms with Crippen molar-refractivity contribution in [1.82, 2.24) is 0 Å². The lowest BCUT2D eigenvalue weighted by Crippen LogP contribution is -2.27. The maximum Gasteiger partial charge on any atom is 0.109 e. The highest BCUT2D eigenvalue weighted by Gasteiger charge is 2.23. The van der Waals surface area contributed by atoms with E-state index in [1.165, 1.54) is 0 Å². The maximum atomic E-state index is 12.3. The van der Waals surface area contributed by atoms with Crippen LogP contribution in [-0.2, 0) is 11.6 Å². The molecule has 1 unspecified atom stereocenters. The van der Waals surface area contributed by atoms with Crippen LogP contribution < -0.4 is 0 Å². The third-order valence-corrected chi connectivity index (χ3v) is 2.48. The summed E-state index contributed by atoms with van der Waals surface area (Å²) in [6, 6.07) is 0. The lowest BCUT2D eigenvalue weighted by atomic mass is 10.0. The van der Waals surface area contributed by atoms with Crippen molar-refractivity contribution in [2.75, 3.05) is 6.67 Å². The Hall–Kier alpha value is -0.440. The van der Waals surface area contributed by atoms with Gasteiger partial charge in [-0.2, -0.15) is 0 Å². The molecular formula is C7H10FNS. The average Bonchev–Trinajstić information content (AvgIpc) is 2.06. The van der Waals surface area contributed by atoms with E-state index < -0.39 is 11.4 Å². The highest BCUT2D eigenvalue weighted by molar-refractivity contribution is 7.68. The predicted molar refractivity (Wildman–Crippen MR) is 43.1 cm³/mol. The van der Waals surface area contributed by atoms with Gasteiger partial charge in [0.15, 0.2) is 0 Å². The lowest BCUT2D eigenvalue weighted by molar-refractivity contribution is 0.437. The Morgan fingerprint density at radius 3 is 2.70 bits per heavy atom. The van der Waals surface area contributed by atoms with Crippen molar-refractivity contribution in [3.63, 3.8) is 0 Å². The van der Waals surface area contributed by atoms with E-state index in [0.29, 0.717) is 18.0 Å². The van der Waals surface area contributed by atoms with Crippen LogP contribution in [0.2, 0.25) is 0 Å². The minimum Gasteiger partial charge on any atom is -0.282 e. The van der Waals surface area contributed by atoms with Crippen molar-refractivity contribution in [2.45, 2.75) is 11.2 Å². The summed E-state index contributed by atoms with van der Waals surface area (Å²) in [7, 11) is 0. The van der Waals surface area contributed by atoms with Gasteiger partial charge in [0.05, 0.1) is 4.75 Å². The first kappa shape index (κ1) is 7.66. The van der Waals surface area contributed by atoms with Gasteiger partial charge < -0.3 is 0 Å². The van der Waals surface area contributed by atoms with E-state index in [9.17, 15) is 4.39 Å². The summed E-state index contributed by atoms with van der Waals surface area (Å²) >= 11 is 0.372. The number of hydrogen-bond donors (Lipinski definition) is 2. The standard InChI is InChI=1S/C7H10FNS/c8-6-7(10-9)4-2-1-3-5-7/h1-4,9-10H,5-6H2. The zero-order valence-corrected chi connectivity index (χ0v) is 6.44. The number of thiol groups is 1. The van der Waals surface area contributed by atoms with Gasteiger partial charge in [0, 0.05) is 0 Å². The van der Waals surface area contributed by atoms with Crippen LogP contribution in [0.3, 0.4) is 0 Å². The summed E-state index contributed by atoms with van der Waals surface area (Å²) in [6.07, 6.45) is 8.04. The van der Waals surface area contributed by atoms with Crippen molar-refractivity contribution >= 4 is 11.6 Å². The molecule has 0 saturated carbocycles. The molecule has 0 spiro atoms. The summed E-state index contributed by atoms with van der Waals surface area (Å²) < 4.78 is 18.9. The minimum absolute atomic E-state index is 0.372. The number of nitrogens with one attached hydrogen (secondary N) is 1. The normalized spacial score (nSPS) is 30.9. The Balaban J connectivity index is 2.75. The largest absolute Gasteiger partial charge is 0.282 e. The molecular weight excluding hydrogens is 149 g/mol. The molecule has 10 heavy (non-hydrogen) atoms. The molecule has 1 aliphatic rings. The molecule has 0 fully saturated rings. The second-order valence-electron chi connectivity index (χ2n) is 2.34. The van der Waals surface area contributed by atoms with Crippen molar-refractivity contribution in [2.24, 2.45) is 0 Å². The Morgan fingerprint density at radius 1 is 1.60 bits per heavy atom. The Morgan fingerprint density at radius 2 is 2.40 bits per heavy atom. The second-order valence-corrected chi connectivity index (χ2v) is 3.45. The molecule has 1 atom stereocenters. The summed E-state index contributed by atoms with van der Waals surface area (Å²) in [4.78, 5) is 0. The molecule has 1 aliphatic carbocycles. The van der Waals surface area contributed by atoms with Gasteiger partial charge in [-0.1, -0.05) is 24.3 Å². The molecule has 1 rings (SSSR count). The van der Waals surface area contributed by atoms with E-state index in [1.807, 2.05) is 18.2 Å². The van der Waals surface area contributed by atoms with Crippen LogP contribution in [0.4, 0.5) is 4.39 Å². The van der Waals surface area contributed by atoms with Gasteiger partial charge in [0.1, 0.15) is 6.67 Å². The zero-order valence-electron chi connectivity index (χ0n) is 5.55. The highest BCUT2D eigenvalue weighted by Crippen LogP contribution is 2.20. The van der Waals surface area contributed by atoms with Crippen molar-refractivity contribution < 1.29 is 4.39 Å². The smallest absolute Gasteiger partial charge is 0.109 e. The summed E-state index contributed by atoms with van der Waals surface area (Å²) in [5.74, 6) is 0. The third-order valence-electron chi connectivity index (χ3n) is 1.58. The quantitative estimate of drug-likeness (QED) is 0.574. The first-order chi connectivity index (χ1) is 4.83. The Labute approximate surface area is 63.6 Å². The summed E-state index contributed by atoms with van der Waals surface area (Å²) in [5.41, 5.74) is 0. The number of allylic oxidation sites excluding steroid dienone is 3. The first-order valence-corrected chi connectivity index (χ1v) is 4.01. The summed E-state index contributed by atoms with van der Waals surface area (Å²) in [6.45, 7) is -0.432. The summed E-state index contributed by atoms with van der Waals surface area (Å²) in [5, 5.41) is 0. The van der Waals surface area contributed by atoms with Crippen LogP contribution in [0.15, 0.2) is 24.3 Å². The van der Waals surface area contributed by atoms with Crippen LogP contribution in [0, 0.1) is 4.78 Å². The third kappa shape index (κ3) is 1.34. The molecule has 1 N–H and O–H groups in total. The fraction of sp³-hybridized carbons (Fsp3) is 0.429. The van der Waals surface area contributed by atoms with Crippen molar-refractivity contribution in [1.29, 1.82) is 4.78 Å². The fourth-order valence-electron chi connectivity index (χ4n) is 0.865. The van der Waals surface area contributed by atoms with Crippen LogP contribution in [0.1, 0.15) is 6.42 Å². The Bertz CT molecular complexity index is 188. The van der Waals surface area contributed by atoms with Crippen LogP contribution in [-0.4, -0.2) is 11.4 Å². The monoisotopic (exact) mass is 159 g/mol. The molecule has 0 heterocycles. The van der Waals surface area contributed by atoms with Crippen LogP contribution in [0.25, 0.3) is 0 Å². The molecule has 0 bridgehead atoms.